The molecule has 4 aromatic rings. The lowest BCUT2D eigenvalue weighted by Gasteiger charge is -2.19. The van der Waals surface area contributed by atoms with Crippen LogP contribution in [0.5, 0.6) is 5.88 Å². The molecule has 0 bridgehead atoms. The second-order valence-corrected chi connectivity index (χ2v) is 11.0. The van der Waals surface area contributed by atoms with E-state index < -0.39 is 17.5 Å². The Labute approximate surface area is 226 Å². The van der Waals surface area contributed by atoms with E-state index in [-0.39, 0.29) is 35.1 Å². The van der Waals surface area contributed by atoms with Crippen molar-refractivity contribution < 1.29 is 28.5 Å². The lowest BCUT2D eigenvalue weighted by atomic mass is 9.91. The highest BCUT2D eigenvalue weighted by Gasteiger charge is 2.29. The molecular formula is C27H23ClFN3O5S. The Kier molecular flexibility index (Phi) is 6.88. The summed E-state index contributed by atoms with van der Waals surface area (Å²) in [5.74, 6) is -0.246. The number of ether oxygens (including phenoxy) is 3. The van der Waals surface area contributed by atoms with Gasteiger partial charge in [-0.25, -0.2) is 14.2 Å². The lowest BCUT2D eigenvalue weighted by Crippen LogP contribution is -2.27. The lowest BCUT2D eigenvalue weighted by molar-refractivity contribution is 0.0636. The highest BCUT2D eigenvalue weighted by Crippen LogP contribution is 2.48. The van der Waals surface area contributed by atoms with Gasteiger partial charge in [0.1, 0.15) is 29.1 Å². The van der Waals surface area contributed by atoms with Gasteiger partial charge in [-0.15, -0.1) is 11.3 Å². The monoisotopic (exact) mass is 555 g/mol. The number of aromatic nitrogens is 1. The topological polar surface area (TPSA) is 114 Å². The van der Waals surface area contributed by atoms with Gasteiger partial charge < -0.3 is 19.3 Å². The van der Waals surface area contributed by atoms with Crippen LogP contribution in [0.3, 0.4) is 0 Å². The molecule has 38 heavy (non-hydrogen) atoms. The first-order chi connectivity index (χ1) is 18.1. The number of nitrogens with one attached hydrogen (secondary N) is 1. The van der Waals surface area contributed by atoms with Crippen LogP contribution in [-0.2, 0) is 22.7 Å². The number of amides is 1. The molecule has 2 aromatic heterocycles. The first-order valence-corrected chi connectivity index (χ1v) is 12.9. The van der Waals surface area contributed by atoms with Crippen LogP contribution in [0.2, 0.25) is 5.02 Å². The third-order valence-electron chi connectivity index (χ3n) is 5.91. The maximum absolute atomic E-state index is 15.1. The summed E-state index contributed by atoms with van der Waals surface area (Å²) in [5, 5.41) is 23.4. The Bertz CT molecular complexity index is 1640. The number of hydrogen-bond acceptors (Lipinski definition) is 8. The normalized spacial score (nSPS) is 13.0. The summed E-state index contributed by atoms with van der Waals surface area (Å²) in [7, 11) is 0. The number of halogens is 2. The van der Waals surface area contributed by atoms with Crippen molar-refractivity contribution >= 4 is 55.0 Å². The van der Waals surface area contributed by atoms with Crippen LogP contribution in [0.15, 0.2) is 24.3 Å². The molecule has 0 atom stereocenters. The number of fused-ring (bicyclic) bond motifs is 4. The Morgan fingerprint density at radius 3 is 2.76 bits per heavy atom. The van der Waals surface area contributed by atoms with E-state index >= 15 is 4.39 Å². The van der Waals surface area contributed by atoms with E-state index in [2.05, 4.69) is 16.4 Å². The van der Waals surface area contributed by atoms with Crippen LogP contribution in [0, 0.1) is 17.1 Å². The maximum atomic E-state index is 15.1. The van der Waals surface area contributed by atoms with Gasteiger partial charge in [0.05, 0.1) is 40.6 Å². The average molecular weight is 556 g/mol. The minimum Gasteiger partial charge on any atom is -0.475 e. The van der Waals surface area contributed by atoms with E-state index in [1.165, 1.54) is 6.07 Å². The Balaban J connectivity index is 1.75. The number of carbonyl (C=O) groups excluding carboxylic acids is 1. The van der Waals surface area contributed by atoms with Crippen molar-refractivity contribution in [3.05, 3.63) is 51.8 Å². The predicted molar refractivity (Wildman–Crippen MR) is 143 cm³/mol. The van der Waals surface area contributed by atoms with Crippen molar-refractivity contribution in [2.24, 2.45) is 0 Å². The van der Waals surface area contributed by atoms with Crippen molar-refractivity contribution in [2.45, 2.75) is 39.6 Å². The number of hydrogen-bond donors (Lipinski definition) is 2. The minimum absolute atomic E-state index is 0.0729. The van der Waals surface area contributed by atoms with Crippen molar-refractivity contribution in [1.82, 2.24) is 4.98 Å². The number of aliphatic hydroxyl groups is 1. The van der Waals surface area contributed by atoms with Gasteiger partial charge in [0, 0.05) is 22.4 Å². The van der Waals surface area contributed by atoms with E-state index in [0.29, 0.717) is 39.5 Å². The zero-order valence-corrected chi connectivity index (χ0v) is 22.3. The van der Waals surface area contributed by atoms with Crippen LogP contribution in [0.25, 0.3) is 32.1 Å². The van der Waals surface area contributed by atoms with Crippen molar-refractivity contribution in [1.29, 1.82) is 5.26 Å². The molecule has 3 heterocycles. The first kappa shape index (κ1) is 26.1. The molecule has 0 fully saturated rings. The maximum Gasteiger partial charge on any atom is 0.412 e. The molecule has 2 N–H and O–H groups in total. The van der Waals surface area contributed by atoms with Gasteiger partial charge in [0.15, 0.2) is 0 Å². The molecule has 1 aliphatic heterocycles. The van der Waals surface area contributed by atoms with Gasteiger partial charge in [0.25, 0.3) is 0 Å². The van der Waals surface area contributed by atoms with Crippen LogP contribution in [0.1, 0.15) is 37.5 Å². The van der Waals surface area contributed by atoms with Crippen LogP contribution in [-0.4, -0.2) is 35.0 Å². The second-order valence-electron chi connectivity index (χ2n) is 9.60. The number of nitriles is 1. The molecule has 8 nitrogen and oxygen atoms in total. The summed E-state index contributed by atoms with van der Waals surface area (Å²) in [6, 6.07) is 8.54. The van der Waals surface area contributed by atoms with Crippen LogP contribution in [0.4, 0.5) is 14.2 Å². The number of aliphatic hydroxyl groups excluding tert-OH is 1. The van der Waals surface area contributed by atoms with E-state index in [9.17, 15) is 10.1 Å². The molecule has 196 valence electrons. The molecule has 0 spiro atoms. The first-order valence-electron chi connectivity index (χ1n) is 11.7. The number of pyridine rings is 1. The molecule has 1 aliphatic rings. The number of rotatable bonds is 5. The molecule has 2 aromatic carbocycles. The molecule has 1 amide bonds. The zero-order chi connectivity index (χ0) is 27.2. The number of thiophene rings is 1. The van der Waals surface area contributed by atoms with E-state index in [4.69, 9.17) is 30.9 Å². The molecular weight excluding hydrogens is 533 g/mol. The smallest absolute Gasteiger partial charge is 0.412 e. The van der Waals surface area contributed by atoms with E-state index in [0.717, 1.165) is 27.8 Å². The van der Waals surface area contributed by atoms with Gasteiger partial charge in [-0.3, -0.25) is 5.32 Å². The summed E-state index contributed by atoms with van der Waals surface area (Å²) in [4.78, 5) is 17.0. The molecule has 0 unspecified atom stereocenters. The van der Waals surface area contributed by atoms with Gasteiger partial charge in [0.2, 0.25) is 5.88 Å². The summed E-state index contributed by atoms with van der Waals surface area (Å²) in [5.41, 5.74) is 2.60. The highest BCUT2D eigenvalue weighted by atomic mass is 35.5. The molecule has 5 rings (SSSR count). The average Bonchev–Trinajstić information content (AvgIpc) is 3.48. The third kappa shape index (κ3) is 4.63. The predicted octanol–water partition coefficient (Wildman–Crippen LogP) is 6.53. The SMILES string of the molecule is CC(C)(C)OC(=O)Nc1sc2c(F)ccc(-c3c4c(c5ccc(OCCO)nc5c3Cl)COC4)c2c1C#N. The van der Waals surface area contributed by atoms with Gasteiger partial charge in [-0.1, -0.05) is 17.7 Å². The molecule has 11 heteroatoms. The van der Waals surface area contributed by atoms with Gasteiger partial charge in [-0.2, -0.15) is 5.26 Å². The summed E-state index contributed by atoms with van der Waals surface area (Å²) in [6.45, 7) is 5.68. The Morgan fingerprint density at radius 1 is 1.29 bits per heavy atom. The van der Waals surface area contributed by atoms with Crippen LogP contribution < -0.4 is 10.1 Å². The Hall–Kier alpha value is -3.49. The fraction of sp³-hybridized carbons (Fsp3) is 0.296. The third-order valence-corrected chi connectivity index (χ3v) is 7.39. The number of anilines is 1. The zero-order valence-electron chi connectivity index (χ0n) is 20.8. The van der Waals surface area contributed by atoms with E-state index in [1.54, 1.807) is 32.9 Å². The summed E-state index contributed by atoms with van der Waals surface area (Å²) < 4.78 is 31.9. The highest BCUT2D eigenvalue weighted by molar-refractivity contribution is 7.23. The molecule has 0 saturated heterocycles. The Morgan fingerprint density at radius 2 is 2.05 bits per heavy atom. The van der Waals surface area contributed by atoms with Gasteiger partial charge in [-0.05, 0) is 49.6 Å². The van der Waals surface area contributed by atoms with Gasteiger partial charge >= 0.3 is 6.09 Å². The minimum atomic E-state index is -0.754. The summed E-state index contributed by atoms with van der Waals surface area (Å²) >= 11 is 7.93. The fourth-order valence-electron chi connectivity index (χ4n) is 4.48. The standard InChI is InChI=1S/C27H23ClFN3O5S/c1-27(2,3)37-26(34)32-25-15(10-30)21-14(4-6-18(29)24(21)38-25)20-17-12-35-11-16(17)13-5-7-19(36-9-8-33)31-23(13)22(20)28/h4-7,33H,8-9,11-12H2,1-3H3,(H,32,34). The molecule has 0 radical (unpaired) electrons. The van der Waals surface area contributed by atoms with Crippen molar-refractivity contribution in [2.75, 3.05) is 18.5 Å². The number of nitrogens with zero attached hydrogens (tertiary/aromatic N) is 2. The van der Waals surface area contributed by atoms with E-state index in [1.807, 2.05) is 6.07 Å². The number of carbonyl (C=O) groups is 1. The van der Waals surface area contributed by atoms with Crippen molar-refractivity contribution in [3.8, 4) is 23.1 Å². The second kappa shape index (κ2) is 10.0. The van der Waals surface area contributed by atoms with Crippen molar-refractivity contribution in [3.63, 3.8) is 0 Å². The fourth-order valence-corrected chi connectivity index (χ4v) is 5.91. The molecule has 0 aliphatic carbocycles. The largest absolute Gasteiger partial charge is 0.475 e. The summed E-state index contributed by atoms with van der Waals surface area (Å²) in [6.07, 6.45) is -0.750. The molecule has 0 saturated carbocycles. The number of benzene rings is 2. The van der Waals surface area contributed by atoms with Crippen LogP contribution >= 0.6 is 22.9 Å². The quantitative estimate of drug-likeness (QED) is 0.288.